The molecule has 0 saturated heterocycles. The highest BCUT2D eigenvalue weighted by Gasteiger charge is 2.39. The van der Waals surface area contributed by atoms with Gasteiger partial charge in [0.25, 0.3) is 11.8 Å². The molecule has 0 aromatic heterocycles. The van der Waals surface area contributed by atoms with Crippen molar-refractivity contribution in [2.24, 2.45) is 5.92 Å². The first-order valence-electron chi connectivity index (χ1n) is 9.27. The molecular formula is C22H22FN3O3. The van der Waals surface area contributed by atoms with Crippen molar-refractivity contribution in [1.29, 1.82) is 0 Å². The van der Waals surface area contributed by atoms with Crippen LogP contribution >= 0.6 is 0 Å². The average molecular weight is 395 g/mol. The Bertz CT molecular complexity index is 997. The van der Waals surface area contributed by atoms with Gasteiger partial charge in [0.1, 0.15) is 11.5 Å². The molecule has 2 aromatic carbocycles. The van der Waals surface area contributed by atoms with E-state index in [1.54, 1.807) is 30.3 Å². The van der Waals surface area contributed by atoms with Crippen molar-refractivity contribution in [1.82, 2.24) is 4.90 Å². The highest BCUT2D eigenvalue weighted by atomic mass is 19.1. The van der Waals surface area contributed by atoms with Gasteiger partial charge in [-0.3, -0.25) is 19.3 Å². The van der Waals surface area contributed by atoms with Crippen molar-refractivity contribution in [2.45, 2.75) is 20.8 Å². The highest BCUT2D eigenvalue weighted by Crippen LogP contribution is 2.31. The van der Waals surface area contributed by atoms with Gasteiger partial charge in [-0.15, -0.1) is 0 Å². The maximum Gasteiger partial charge on any atom is 0.278 e. The second-order valence-electron chi connectivity index (χ2n) is 7.26. The van der Waals surface area contributed by atoms with E-state index in [4.69, 9.17) is 0 Å². The van der Waals surface area contributed by atoms with Crippen LogP contribution < -0.4 is 10.6 Å². The average Bonchev–Trinajstić information content (AvgIpc) is 2.86. The minimum Gasteiger partial charge on any atom is -0.350 e. The lowest BCUT2D eigenvalue weighted by Crippen LogP contribution is -2.35. The Morgan fingerprint density at radius 1 is 1.03 bits per heavy atom. The fourth-order valence-electron chi connectivity index (χ4n) is 3.12. The monoisotopic (exact) mass is 395 g/mol. The Kier molecular flexibility index (Phi) is 5.77. The number of carbonyl (C=O) groups excluding carboxylic acids is 3. The van der Waals surface area contributed by atoms with E-state index in [1.165, 1.54) is 30.0 Å². The summed E-state index contributed by atoms with van der Waals surface area (Å²) < 4.78 is 13.6. The third-order valence-corrected chi connectivity index (χ3v) is 4.30. The molecule has 0 radical (unpaired) electrons. The van der Waals surface area contributed by atoms with Gasteiger partial charge in [0.2, 0.25) is 5.91 Å². The summed E-state index contributed by atoms with van der Waals surface area (Å²) in [6, 6.07) is 12.3. The molecule has 2 N–H and O–H groups in total. The summed E-state index contributed by atoms with van der Waals surface area (Å²) in [7, 11) is 0. The summed E-state index contributed by atoms with van der Waals surface area (Å²) in [5.74, 6) is -1.42. The summed E-state index contributed by atoms with van der Waals surface area (Å²) in [5.41, 5.74) is 1.81. The second-order valence-corrected chi connectivity index (χ2v) is 7.26. The van der Waals surface area contributed by atoms with Gasteiger partial charge in [-0.25, -0.2) is 4.39 Å². The van der Waals surface area contributed by atoms with Crippen LogP contribution in [-0.4, -0.2) is 29.2 Å². The summed E-state index contributed by atoms with van der Waals surface area (Å²) in [4.78, 5) is 38.4. The largest absolute Gasteiger partial charge is 0.350 e. The minimum atomic E-state index is -0.451. The molecule has 0 fully saturated rings. The molecule has 0 spiro atoms. The van der Waals surface area contributed by atoms with Crippen LogP contribution in [0.15, 0.2) is 54.2 Å². The third-order valence-electron chi connectivity index (χ3n) is 4.30. The molecule has 1 aliphatic rings. The molecule has 0 saturated carbocycles. The van der Waals surface area contributed by atoms with Crippen LogP contribution in [0, 0.1) is 11.7 Å². The predicted octanol–water partition coefficient (Wildman–Crippen LogP) is 3.63. The number of nitrogens with zero attached hydrogens (tertiary/aromatic N) is 1. The van der Waals surface area contributed by atoms with Crippen LogP contribution in [0.2, 0.25) is 0 Å². The zero-order valence-electron chi connectivity index (χ0n) is 16.5. The summed E-state index contributed by atoms with van der Waals surface area (Å²) in [6.07, 6.45) is 0. The van der Waals surface area contributed by atoms with Gasteiger partial charge < -0.3 is 10.6 Å². The zero-order chi connectivity index (χ0) is 21.1. The first kappa shape index (κ1) is 20.3. The number of hydrogen-bond donors (Lipinski definition) is 2. The number of hydrogen-bond acceptors (Lipinski definition) is 4. The fraction of sp³-hybridized carbons (Fsp3) is 0.227. The maximum atomic E-state index is 13.6. The number of benzene rings is 2. The second kappa shape index (κ2) is 8.26. The number of imide groups is 1. The Morgan fingerprint density at radius 2 is 1.72 bits per heavy atom. The van der Waals surface area contributed by atoms with Gasteiger partial charge in [0, 0.05) is 24.8 Å². The fourth-order valence-corrected chi connectivity index (χ4v) is 3.12. The van der Waals surface area contributed by atoms with Crippen LogP contribution in [0.1, 0.15) is 26.3 Å². The molecule has 0 aliphatic carbocycles. The normalized spacial score (nSPS) is 14.0. The van der Waals surface area contributed by atoms with E-state index in [0.29, 0.717) is 16.9 Å². The zero-order valence-corrected chi connectivity index (χ0v) is 16.5. The molecule has 0 bridgehead atoms. The van der Waals surface area contributed by atoms with Gasteiger partial charge >= 0.3 is 0 Å². The molecule has 29 heavy (non-hydrogen) atoms. The van der Waals surface area contributed by atoms with Crippen molar-refractivity contribution >= 4 is 34.7 Å². The molecule has 2 aromatic rings. The highest BCUT2D eigenvalue weighted by molar-refractivity contribution is 6.36. The number of nitrogens with one attached hydrogen (secondary N) is 2. The van der Waals surface area contributed by atoms with Crippen molar-refractivity contribution in [2.75, 3.05) is 17.2 Å². The molecule has 0 unspecified atom stereocenters. The standard InChI is InChI=1S/C22H22FN3O3/c1-13(2)12-26-21(28)19(15-7-9-17(10-8-15)24-14(3)27)20(22(26)29)25-18-6-4-5-16(23)11-18/h4-11,13,25H,12H2,1-3H3,(H,24,27). The SMILES string of the molecule is CC(=O)Nc1ccc(C2=C(Nc3cccc(F)c3)C(=O)N(CC(C)C)C2=O)cc1. The van der Waals surface area contributed by atoms with Crippen molar-refractivity contribution in [3.63, 3.8) is 0 Å². The van der Waals surface area contributed by atoms with Gasteiger partial charge in [0.15, 0.2) is 0 Å². The van der Waals surface area contributed by atoms with Crippen LogP contribution in [0.25, 0.3) is 5.57 Å². The number of rotatable bonds is 6. The van der Waals surface area contributed by atoms with E-state index in [1.807, 2.05) is 13.8 Å². The first-order chi connectivity index (χ1) is 13.8. The maximum absolute atomic E-state index is 13.6. The van der Waals surface area contributed by atoms with E-state index >= 15 is 0 Å². The molecule has 1 heterocycles. The molecule has 150 valence electrons. The Balaban J connectivity index is 2.02. The summed E-state index contributed by atoms with van der Waals surface area (Å²) in [6.45, 7) is 5.51. The van der Waals surface area contributed by atoms with Crippen LogP contribution in [0.3, 0.4) is 0 Å². The summed E-state index contributed by atoms with van der Waals surface area (Å²) in [5, 5.41) is 5.58. The van der Waals surface area contributed by atoms with E-state index in [9.17, 15) is 18.8 Å². The van der Waals surface area contributed by atoms with Crippen LogP contribution in [0.4, 0.5) is 15.8 Å². The van der Waals surface area contributed by atoms with Gasteiger partial charge in [-0.1, -0.05) is 32.0 Å². The van der Waals surface area contributed by atoms with E-state index in [2.05, 4.69) is 10.6 Å². The van der Waals surface area contributed by atoms with E-state index in [-0.39, 0.29) is 29.6 Å². The number of halogens is 1. The van der Waals surface area contributed by atoms with E-state index in [0.717, 1.165) is 0 Å². The molecule has 6 nitrogen and oxygen atoms in total. The lowest BCUT2D eigenvalue weighted by molar-refractivity contribution is -0.137. The predicted molar refractivity (Wildman–Crippen MR) is 109 cm³/mol. The minimum absolute atomic E-state index is 0.0970. The van der Waals surface area contributed by atoms with E-state index < -0.39 is 17.6 Å². The van der Waals surface area contributed by atoms with Gasteiger partial charge in [0.05, 0.1) is 5.57 Å². The molecule has 3 rings (SSSR count). The summed E-state index contributed by atoms with van der Waals surface area (Å²) >= 11 is 0. The van der Waals surface area contributed by atoms with Gasteiger partial charge in [-0.2, -0.15) is 0 Å². The van der Waals surface area contributed by atoms with Crippen molar-refractivity contribution in [3.8, 4) is 0 Å². The van der Waals surface area contributed by atoms with Crippen LogP contribution in [-0.2, 0) is 14.4 Å². The quantitative estimate of drug-likeness (QED) is 0.732. The smallest absolute Gasteiger partial charge is 0.278 e. The van der Waals surface area contributed by atoms with Gasteiger partial charge in [-0.05, 0) is 41.8 Å². The Labute approximate surface area is 168 Å². The lowest BCUT2D eigenvalue weighted by atomic mass is 10.0. The molecule has 0 atom stereocenters. The Hall–Kier alpha value is -3.48. The Morgan fingerprint density at radius 3 is 2.31 bits per heavy atom. The topological polar surface area (TPSA) is 78.5 Å². The van der Waals surface area contributed by atoms with Crippen LogP contribution in [0.5, 0.6) is 0 Å². The first-order valence-corrected chi connectivity index (χ1v) is 9.27. The van der Waals surface area contributed by atoms with Crippen molar-refractivity contribution in [3.05, 3.63) is 65.6 Å². The molecular weight excluding hydrogens is 373 g/mol. The molecule has 3 amide bonds. The number of amides is 3. The lowest BCUT2D eigenvalue weighted by Gasteiger charge is -2.17. The van der Waals surface area contributed by atoms with Crippen molar-refractivity contribution < 1.29 is 18.8 Å². The molecule has 7 heteroatoms. The molecule has 1 aliphatic heterocycles. The number of carbonyl (C=O) groups is 3. The third kappa shape index (κ3) is 4.51. The number of anilines is 2.